The first-order valence-electron chi connectivity index (χ1n) is 4.89. The van der Waals surface area contributed by atoms with Crippen molar-refractivity contribution in [2.24, 2.45) is 0 Å². The van der Waals surface area contributed by atoms with Gasteiger partial charge < -0.3 is 4.74 Å². The second kappa shape index (κ2) is 5.77. The van der Waals surface area contributed by atoms with Crippen molar-refractivity contribution in [3.05, 3.63) is 0 Å². The van der Waals surface area contributed by atoms with E-state index in [1.54, 1.807) is 0 Å². The second-order valence-corrected chi connectivity index (χ2v) is 3.45. The molecule has 0 spiro atoms. The number of rotatable bonds is 4. The van der Waals surface area contributed by atoms with Crippen LogP contribution < -0.4 is 0 Å². The van der Waals surface area contributed by atoms with Crippen molar-refractivity contribution < 1.29 is 9.53 Å². The van der Waals surface area contributed by atoms with Crippen molar-refractivity contribution >= 4 is 5.78 Å². The molecule has 1 rings (SSSR count). The summed E-state index contributed by atoms with van der Waals surface area (Å²) in [4.78, 5) is 11.1. The summed E-state index contributed by atoms with van der Waals surface area (Å²) in [5, 5.41) is 0. The molecule has 0 aromatic heterocycles. The zero-order valence-corrected chi connectivity index (χ0v) is 7.92. The van der Waals surface area contributed by atoms with E-state index in [-0.39, 0.29) is 12.2 Å². The summed E-state index contributed by atoms with van der Waals surface area (Å²) < 4.78 is 5.50. The molecule has 1 aliphatic heterocycles. The van der Waals surface area contributed by atoms with Gasteiger partial charge in [0.05, 0.1) is 12.5 Å². The molecule has 0 bridgehead atoms. The molecule has 1 saturated heterocycles. The van der Waals surface area contributed by atoms with Crippen LogP contribution in [0, 0.1) is 12.3 Å². The molecule has 72 valence electrons. The zero-order valence-electron chi connectivity index (χ0n) is 7.92. The van der Waals surface area contributed by atoms with Crippen LogP contribution in [0.5, 0.6) is 0 Å². The summed E-state index contributed by atoms with van der Waals surface area (Å²) in [6.07, 6.45) is 10.5. The molecular formula is C11H16O2. The van der Waals surface area contributed by atoms with E-state index < -0.39 is 0 Å². The number of hydrogen-bond acceptors (Lipinski definition) is 2. The molecule has 0 amide bonds. The van der Waals surface area contributed by atoms with E-state index >= 15 is 0 Å². The van der Waals surface area contributed by atoms with Gasteiger partial charge >= 0.3 is 0 Å². The average molecular weight is 180 g/mol. The van der Waals surface area contributed by atoms with Gasteiger partial charge in [-0.2, -0.15) is 0 Å². The Balaban J connectivity index is 2.10. The Labute approximate surface area is 79.7 Å². The number of ether oxygens (including phenoxy) is 1. The minimum atomic E-state index is 0.164. The summed E-state index contributed by atoms with van der Waals surface area (Å²) >= 11 is 0. The fourth-order valence-corrected chi connectivity index (χ4v) is 1.56. The Morgan fingerprint density at radius 3 is 3.00 bits per heavy atom. The summed E-state index contributed by atoms with van der Waals surface area (Å²) in [6.45, 7) is 0.855. The van der Waals surface area contributed by atoms with Gasteiger partial charge in [-0.15, -0.1) is 6.42 Å². The summed E-state index contributed by atoms with van der Waals surface area (Å²) in [5.74, 6) is 2.53. The minimum Gasteiger partial charge on any atom is -0.378 e. The van der Waals surface area contributed by atoms with Crippen molar-refractivity contribution in [1.29, 1.82) is 0 Å². The Morgan fingerprint density at radius 2 is 2.38 bits per heavy atom. The van der Waals surface area contributed by atoms with Crippen LogP contribution in [0.2, 0.25) is 0 Å². The van der Waals surface area contributed by atoms with Gasteiger partial charge in [0.25, 0.3) is 0 Å². The van der Waals surface area contributed by atoms with Crippen LogP contribution in [0.15, 0.2) is 0 Å². The third-order valence-corrected chi connectivity index (χ3v) is 2.32. The minimum absolute atomic E-state index is 0.164. The third-order valence-electron chi connectivity index (χ3n) is 2.32. The quantitative estimate of drug-likeness (QED) is 0.618. The first-order chi connectivity index (χ1) is 6.33. The maximum absolute atomic E-state index is 11.1. The van der Waals surface area contributed by atoms with E-state index in [2.05, 4.69) is 5.92 Å². The van der Waals surface area contributed by atoms with Crippen LogP contribution in [0.25, 0.3) is 0 Å². The summed E-state index contributed by atoms with van der Waals surface area (Å²) in [6, 6.07) is 0. The van der Waals surface area contributed by atoms with Crippen molar-refractivity contribution in [1.82, 2.24) is 0 Å². The third kappa shape index (κ3) is 4.10. The lowest BCUT2D eigenvalue weighted by atomic mass is 10.0. The highest BCUT2D eigenvalue weighted by molar-refractivity contribution is 5.80. The molecular weight excluding hydrogens is 164 g/mol. The molecule has 13 heavy (non-hydrogen) atoms. The molecule has 0 aliphatic carbocycles. The molecule has 0 radical (unpaired) electrons. The lowest BCUT2D eigenvalue weighted by Crippen LogP contribution is -2.19. The lowest BCUT2D eigenvalue weighted by molar-refractivity contribution is -0.119. The van der Waals surface area contributed by atoms with Crippen molar-refractivity contribution in [2.45, 2.75) is 44.6 Å². The van der Waals surface area contributed by atoms with E-state index in [0.29, 0.717) is 12.5 Å². The van der Waals surface area contributed by atoms with Crippen LogP contribution in [0.4, 0.5) is 0 Å². The van der Waals surface area contributed by atoms with Crippen molar-refractivity contribution in [2.75, 3.05) is 6.61 Å². The SMILES string of the molecule is C#CCC(=O)CCC1CCCCO1. The van der Waals surface area contributed by atoms with Gasteiger partial charge in [0, 0.05) is 13.0 Å². The summed E-state index contributed by atoms with van der Waals surface area (Å²) in [5.41, 5.74) is 0. The predicted molar refractivity (Wildman–Crippen MR) is 51.3 cm³/mol. The molecule has 1 aliphatic rings. The van der Waals surface area contributed by atoms with Gasteiger partial charge in [-0.1, -0.05) is 5.92 Å². The Hall–Kier alpha value is -0.810. The van der Waals surface area contributed by atoms with E-state index in [1.807, 2.05) is 0 Å². The Bertz CT molecular complexity index is 197. The van der Waals surface area contributed by atoms with Crippen LogP contribution in [0.1, 0.15) is 38.5 Å². The molecule has 1 unspecified atom stereocenters. The molecule has 0 aromatic rings. The normalized spacial score (nSPS) is 22.2. The fraction of sp³-hybridized carbons (Fsp3) is 0.727. The predicted octanol–water partition coefficient (Wildman–Crippen LogP) is 1.93. The van der Waals surface area contributed by atoms with Gasteiger partial charge in [-0.05, 0) is 25.7 Å². The van der Waals surface area contributed by atoms with Crippen molar-refractivity contribution in [3.8, 4) is 12.3 Å². The van der Waals surface area contributed by atoms with Gasteiger partial charge in [-0.3, -0.25) is 4.79 Å². The lowest BCUT2D eigenvalue weighted by Gasteiger charge is -2.21. The number of hydrogen-bond donors (Lipinski definition) is 0. The van der Waals surface area contributed by atoms with Crippen LogP contribution in [-0.2, 0) is 9.53 Å². The van der Waals surface area contributed by atoms with Gasteiger partial charge in [0.15, 0.2) is 0 Å². The largest absolute Gasteiger partial charge is 0.378 e. The maximum Gasteiger partial charge on any atom is 0.144 e. The van der Waals surface area contributed by atoms with Crippen LogP contribution in [-0.4, -0.2) is 18.5 Å². The molecule has 1 heterocycles. The van der Waals surface area contributed by atoms with Crippen LogP contribution in [0.3, 0.4) is 0 Å². The van der Waals surface area contributed by atoms with Gasteiger partial charge in [0.1, 0.15) is 5.78 Å². The number of terminal acetylenes is 1. The zero-order chi connectivity index (χ0) is 9.52. The average Bonchev–Trinajstić information content (AvgIpc) is 2.17. The topological polar surface area (TPSA) is 26.3 Å². The molecule has 1 fully saturated rings. The van der Waals surface area contributed by atoms with E-state index in [4.69, 9.17) is 11.2 Å². The highest BCUT2D eigenvalue weighted by Crippen LogP contribution is 2.17. The highest BCUT2D eigenvalue weighted by Gasteiger charge is 2.14. The number of carbonyl (C=O) groups is 1. The highest BCUT2D eigenvalue weighted by atomic mass is 16.5. The first kappa shape index (κ1) is 10.3. The first-order valence-corrected chi connectivity index (χ1v) is 4.89. The maximum atomic E-state index is 11.1. The molecule has 2 nitrogen and oxygen atoms in total. The standard InChI is InChI=1S/C11H16O2/c1-2-5-10(12)7-8-11-6-3-4-9-13-11/h1,11H,3-9H2. The van der Waals surface area contributed by atoms with Crippen molar-refractivity contribution in [3.63, 3.8) is 0 Å². The molecule has 2 heteroatoms. The van der Waals surface area contributed by atoms with Gasteiger partial charge in [0.2, 0.25) is 0 Å². The van der Waals surface area contributed by atoms with Gasteiger partial charge in [-0.25, -0.2) is 0 Å². The second-order valence-electron chi connectivity index (χ2n) is 3.45. The Morgan fingerprint density at radius 1 is 1.54 bits per heavy atom. The van der Waals surface area contributed by atoms with E-state index in [0.717, 1.165) is 25.9 Å². The molecule has 1 atom stereocenters. The monoisotopic (exact) mass is 180 g/mol. The number of Topliss-reactive ketones (excluding diaryl/α,β-unsaturated/α-hetero) is 1. The molecule has 0 aromatic carbocycles. The smallest absolute Gasteiger partial charge is 0.144 e. The fourth-order valence-electron chi connectivity index (χ4n) is 1.56. The van der Waals surface area contributed by atoms with Crippen LogP contribution >= 0.6 is 0 Å². The molecule has 0 saturated carbocycles. The van der Waals surface area contributed by atoms with E-state index in [9.17, 15) is 4.79 Å². The summed E-state index contributed by atoms with van der Waals surface area (Å²) in [7, 11) is 0. The number of carbonyl (C=O) groups excluding carboxylic acids is 1. The number of ketones is 1. The Kier molecular flexibility index (Phi) is 4.56. The van der Waals surface area contributed by atoms with E-state index in [1.165, 1.54) is 6.42 Å². The molecule has 0 N–H and O–H groups in total.